The molecule has 3 heteroatoms. The summed E-state index contributed by atoms with van der Waals surface area (Å²) >= 11 is 0. The third-order valence-corrected chi connectivity index (χ3v) is 4.50. The molecule has 1 saturated heterocycles. The van der Waals surface area contributed by atoms with Crippen molar-refractivity contribution >= 4 is 0 Å². The molecule has 1 saturated carbocycles. The summed E-state index contributed by atoms with van der Waals surface area (Å²) in [6.07, 6.45) is 4.71. The molecule has 14 heavy (non-hydrogen) atoms. The topological polar surface area (TPSA) is 58.3 Å². The number of hydrogen-bond acceptors (Lipinski definition) is 3. The lowest BCUT2D eigenvalue weighted by Gasteiger charge is -2.51. The Morgan fingerprint density at radius 3 is 2.57 bits per heavy atom. The molecule has 1 heterocycles. The minimum absolute atomic E-state index is 0.0128. The third-order valence-electron chi connectivity index (χ3n) is 4.50. The minimum Gasteiger partial charge on any atom is -0.387 e. The number of nitrogens with one attached hydrogen (secondary N) is 1. The second-order valence-electron chi connectivity index (χ2n) is 5.14. The normalized spacial score (nSPS) is 40.9. The van der Waals surface area contributed by atoms with Gasteiger partial charge in [-0.2, -0.15) is 0 Å². The monoisotopic (exact) mass is 198 g/mol. The predicted molar refractivity (Wildman–Crippen MR) is 56.9 cm³/mol. The van der Waals surface area contributed by atoms with Crippen molar-refractivity contribution in [2.75, 3.05) is 19.6 Å². The van der Waals surface area contributed by atoms with Gasteiger partial charge in [-0.3, -0.25) is 0 Å². The maximum absolute atomic E-state index is 10.4. The van der Waals surface area contributed by atoms with Crippen molar-refractivity contribution in [3.8, 4) is 0 Å². The van der Waals surface area contributed by atoms with Gasteiger partial charge in [0.2, 0.25) is 0 Å². The molecule has 0 aromatic rings. The van der Waals surface area contributed by atoms with Crippen LogP contribution in [0.2, 0.25) is 0 Å². The summed E-state index contributed by atoms with van der Waals surface area (Å²) in [6, 6.07) is 0. The summed E-state index contributed by atoms with van der Waals surface area (Å²) in [6.45, 7) is 4.35. The first-order chi connectivity index (χ1) is 6.66. The lowest BCUT2D eigenvalue weighted by molar-refractivity contribution is -0.115. The smallest absolute Gasteiger partial charge is 0.0962 e. The quantitative estimate of drug-likeness (QED) is 0.618. The van der Waals surface area contributed by atoms with Gasteiger partial charge in [-0.05, 0) is 25.2 Å². The van der Waals surface area contributed by atoms with Gasteiger partial charge in [0.15, 0.2) is 0 Å². The third kappa shape index (κ3) is 1.30. The minimum atomic E-state index is -0.508. The van der Waals surface area contributed by atoms with Crippen molar-refractivity contribution in [2.24, 2.45) is 17.1 Å². The van der Waals surface area contributed by atoms with E-state index in [0.29, 0.717) is 6.54 Å². The Bertz CT molecular complexity index is 215. The van der Waals surface area contributed by atoms with E-state index in [1.807, 2.05) is 0 Å². The Labute approximate surface area is 86.1 Å². The Morgan fingerprint density at radius 2 is 2.21 bits per heavy atom. The number of aliphatic hydroxyl groups is 1. The molecule has 1 aliphatic heterocycles. The van der Waals surface area contributed by atoms with Crippen molar-refractivity contribution < 1.29 is 5.11 Å². The highest BCUT2D eigenvalue weighted by molar-refractivity contribution is 5.10. The first-order valence-corrected chi connectivity index (χ1v) is 5.79. The van der Waals surface area contributed by atoms with Gasteiger partial charge in [-0.25, -0.2) is 0 Å². The first-order valence-electron chi connectivity index (χ1n) is 5.79. The fourth-order valence-electron chi connectivity index (χ4n) is 3.12. The van der Waals surface area contributed by atoms with E-state index in [9.17, 15) is 5.11 Å². The van der Waals surface area contributed by atoms with E-state index in [-0.39, 0.29) is 5.41 Å². The Morgan fingerprint density at radius 1 is 1.50 bits per heavy atom. The summed E-state index contributed by atoms with van der Waals surface area (Å²) in [5.41, 5.74) is 5.40. The predicted octanol–water partition coefficient (Wildman–Crippen LogP) is 0.476. The van der Waals surface area contributed by atoms with Crippen LogP contribution in [-0.2, 0) is 0 Å². The highest BCUT2D eigenvalue weighted by atomic mass is 16.3. The highest BCUT2D eigenvalue weighted by Gasteiger charge is 2.55. The van der Waals surface area contributed by atoms with Gasteiger partial charge in [0.1, 0.15) is 0 Å². The summed E-state index contributed by atoms with van der Waals surface area (Å²) in [5.74, 6) is 0.781. The van der Waals surface area contributed by atoms with Crippen LogP contribution >= 0.6 is 0 Å². The van der Waals surface area contributed by atoms with Crippen molar-refractivity contribution in [3.63, 3.8) is 0 Å². The summed E-state index contributed by atoms with van der Waals surface area (Å²) in [7, 11) is 0. The Balaban J connectivity index is 2.11. The SMILES string of the molecule is CCC1CCC(CN)(C2(O)CNC2)C1. The molecule has 2 aliphatic rings. The molecule has 1 aliphatic carbocycles. The van der Waals surface area contributed by atoms with E-state index in [1.54, 1.807) is 0 Å². The van der Waals surface area contributed by atoms with Crippen molar-refractivity contribution in [3.05, 3.63) is 0 Å². The van der Waals surface area contributed by atoms with E-state index in [2.05, 4.69) is 12.2 Å². The van der Waals surface area contributed by atoms with Crippen molar-refractivity contribution in [2.45, 2.75) is 38.2 Å². The van der Waals surface area contributed by atoms with Crippen LogP contribution in [0.5, 0.6) is 0 Å². The van der Waals surface area contributed by atoms with Crippen molar-refractivity contribution in [1.82, 2.24) is 5.32 Å². The highest BCUT2D eigenvalue weighted by Crippen LogP contribution is 2.50. The zero-order valence-corrected chi connectivity index (χ0v) is 9.05. The molecular formula is C11H22N2O. The van der Waals surface area contributed by atoms with Gasteiger partial charge in [0.25, 0.3) is 0 Å². The molecule has 0 radical (unpaired) electrons. The molecule has 0 bridgehead atoms. The summed E-state index contributed by atoms with van der Waals surface area (Å²) in [5, 5.41) is 13.6. The molecule has 2 unspecified atom stereocenters. The molecule has 0 aromatic heterocycles. The van der Waals surface area contributed by atoms with Gasteiger partial charge in [-0.15, -0.1) is 0 Å². The van der Waals surface area contributed by atoms with Gasteiger partial charge in [0, 0.05) is 25.0 Å². The molecule has 82 valence electrons. The van der Waals surface area contributed by atoms with Gasteiger partial charge in [0.05, 0.1) is 5.60 Å². The zero-order chi connectivity index (χ0) is 10.2. The summed E-state index contributed by atoms with van der Waals surface area (Å²) in [4.78, 5) is 0. The molecule has 0 amide bonds. The lowest BCUT2D eigenvalue weighted by Crippen LogP contribution is -2.69. The van der Waals surface area contributed by atoms with Gasteiger partial charge >= 0.3 is 0 Å². The molecule has 0 spiro atoms. The molecular weight excluding hydrogens is 176 g/mol. The first kappa shape index (κ1) is 10.4. The Hall–Kier alpha value is -0.120. The van der Waals surface area contributed by atoms with E-state index in [1.165, 1.54) is 12.8 Å². The van der Waals surface area contributed by atoms with E-state index in [0.717, 1.165) is 31.8 Å². The average molecular weight is 198 g/mol. The molecule has 2 rings (SSSR count). The Kier molecular flexibility index (Phi) is 2.58. The number of rotatable bonds is 3. The zero-order valence-electron chi connectivity index (χ0n) is 9.05. The molecule has 2 fully saturated rings. The molecule has 3 nitrogen and oxygen atoms in total. The molecule has 0 aromatic carbocycles. The van der Waals surface area contributed by atoms with E-state index < -0.39 is 5.60 Å². The maximum Gasteiger partial charge on any atom is 0.0962 e. The molecule has 2 atom stereocenters. The fraction of sp³-hybridized carbons (Fsp3) is 1.00. The second-order valence-corrected chi connectivity index (χ2v) is 5.14. The van der Waals surface area contributed by atoms with Crippen LogP contribution in [0.4, 0.5) is 0 Å². The maximum atomic E-state index is 10.4. The largest absolute Gasteiger partial charge is 0.387 e. The van der Waals surface area contributed by atoms with Crippen LogP contribution in [0.25, 0.3) is 0 Å². The van der Waals surface area contributed by atoms with Crippen LogP contribution < -0.4 is 11.1 Å². The van der Waals surface area contributed by atoms with E-state index in [4.69, 9.17) is 5.73 Å². The van der Waals surface area contributed by atoms with Crippen LogP contribution in [0.1, 0.15) is 32.6 Å². The van der Waals surface area contributed by atoms with Gasteiger partial charge in [-0.1, -0.05) is 13.3 Å². The van der Waals surface area contributed by atoms with Crippen LogP contribution in [0.15, 0.2) is 0 Å². The standard InChI is InChI=1S/C11H22N2O/c1-2-9-3-4-10(5-9,6-12)11(14)7-13-8-11/h9,13-14H,2-8,12H2,1H3. The fourth-order valence-corrected chi connectivity index (χ4v) is 3.12. The van der Waals surface area contributed by atoms with Crippen molar-refractivity contribution in [1.29, 1.82) is 0 Å². The number of hydrogen-bond donors (Lipinski definition) is 3. The lowest BCUT2D eigenvalue weighted by atomic mass is 9.66. The van der Waals surface area contributed by atoms with Crippen LogP contribution in [0.3, 0.4) is 0 Å². The average Bonchev–Trinajstić information content (AvgIpc) is 2.59. The van der Waals surface area contributed by atoms with Crippen LogP contribution in [0, 0.1) is 11.3 Å². The molecule has 4 N–H and O–H groups in total. The number of nitrogens with two attached hydrogens (primary N) is 1. The second kappa shape index (κ2) is 3.47. The van der Waals surface area contributed by atoms with Gasteiger partial charge < -0.3 is 16.2 Å². The number of β-amino-alcohol motifs (C(OH)–C–C–N with tert-alkyl or cyclic N) is 1. The summed E-state index contributed by atoms with van der Waals surface area (Å²) < 4.78 is 0. The van der Waals surface area contributed by atoms with Crippen LogP contribution in [-0.4, -0.2) is 30.3 Å². The van der Waals surface area contributed by atoms with E-state index >= 15 is 0 Å².